The van der Waals surface area contributed by atoms with Crippen LogP contribution in [0.2, 0.25) is 0 Å². The van der Waals surface area contributed by atoms with Crippen molar-refractivity contribution in [3.8, 4) is 5.75 Å². The average Bonchev–Trinajstić information content (AvgIpc) is 2.80. The van der Waals surface area contributed by atoms with Crippen molar-refractivity contribution in [2.24, 2.45) is 0 Å². The van der Waals surface area contributed by atoms with Crippen molar-refractivity contribution in [1.82, 2.24) is 0 Å². The summed E-state index contributed by atoms with van der Waals surface area (Å²) < 4.78 is 10.7. The number of amides is 2. The molecule has 1 atom stereocenters. The lowest BCUT2D eigenvalue weighted by Gasteiger charge is -2.27. The van der Waals surface area contributed by atoms with Crippen LogP contribution in [0, 0.1) is 0 Å². The van der Waals surface area contributed by atoms with Gasteiger partial charge in [0.2, 0.25) is 5.91 Å². The van der Waals surface area contributed by atoms with Crippen LogP contribution in [-0.4, -0.2) is 37.0 Å². The molecule has 0 bridgehead atoms. The molecule has 0 spiro atoms. The molecule has 3 rings (SSSR count). The van der Waals surface area contributed by atoms with Crippen LogP contribution in [-0.2, 0) is 14.3 Å². The van der Waals surface area contributed by atoms with E-state index in [4.69, 9.17) is 9.47 Å². The van der Waals surface area contributed by atoms with Crippen molar-refractivity contribution in [3.63, 3.8) is 0 Å². The highest BCUT2D eigenvalue weighted by atomic mass is 16.5. The summed E-state index contributed by atoms with van der Waals surface area (Å²) in [6.45, 7) is 3.57. The van der Waals surface area contributed by atoms with E-state index in [-0.39, 0.29) is 23.9 Å². The van der Waals surface area contributed by atoms with E-state index in [0.717, 1.165) is 0 Å². The Morgan fingerprint density at radius 1 is 1.14 bits per heavy atom. The molecule has 0 unspecified atom stereocenters. The highest BCUT2D eigenvalue weighted by molar-refractivity contribution is 6.05. The number of hydrogen-bond donors (Lipinski definition) is 1. The number of nitrogens with one attached hydrogen (secondary N) is 1. The molecule has 1 N–H and O–H groups in total. The van der Waals surface area contributed by atoms with Gasteiger partial charge in [-0.1, -0.05) is 24.3 Å². The first-order valence-electron chi connectivity index (χ1n) is 9.11. The third kappa shape index (κ3) is 4.14. The molecular weight excluding hydrogens is 360 g/mol. The van der Waals surface area contributed by atoms with Crippen LogP contribution in [0.15, 0.2) is 48.5 Å². The number of para-hydroxylation sites is 3. The third-order valence-corrected chi connectivity index (χ3v) is 4.36. The summed E-state index contributed by atoms with van der Waals surface area (Å²) in [7, 11) is 0. The van der Waals surface area contributed by atoms with Crippen LogP contribution >= 0.6 is 0 Å². The minimum Gasteiger partial charge on any atom is -0.493 e. The smallest absolute Gasteiger partial charge is 0.342 e. The van der Waals surface area contributed by atoms with Gasteiger partial charge in [0.1, 0.15) is 11.3 Å². The SMILES string of the molecule is CCOc1ccccc1C(=O)OCC(=O)N1c2ccccc2NC(=O)C[C@H]1C. The summed E-state index contributed by atoms with van der Waals surface area (Å²) in [6.07, 6.45) is 0.154. The fraction of sp³-hybridized carbons (Fsp3) is 0.286. The molecule has 28 heavy (non-hydrogen) atoms. The Hall–Kier alpha value is -3.35. The zero-order valence-electron chi connectivity index (χ0n) is 15.8. The van der Waals surface area contributed by atoms with Crippen LogP contribution in [0.5, 0.6) is 5.75 Å². The van der Waals surface area contributed by atoms with E-state index in [0.29, 0.717) is 23.7 Å². The van der Waals surface area contributed by atoms with E-state index in [2.05, 4.69) is 5.32 Å². The summed E-state index contributed by atoms with van der Waals surface area (Å²) in [5, 5.41) is 2.79. The predicted octanol–water partition coefficient (Wildman–Crippen LogP) is 3.01. The lowest BCUT2D eigenvalue weighted by molar-refractivity contribution is -0.122. The zero-order valence-corrected chi connectivity index (χ0v) is 15.8. The first-order valence-corrected chi connectivity index (χ1v) is 9.11. The summed E-state index contributed by atoms with van der Waals surface area (Å²) in [5.74, 6) is -0.801. The van der Waals surface area contributed by atoms with Crippen molar-refractivity contribution in [1.29, 1.82) is 0 Å². The van der Waals surface area contributed by atoms with Crippen molar-refractivity contribution in [3.05, 3.63) is 54.1 Å². The maximum Gasteiger partial charge on any atom is 0.342 e. The largest absolute Gasteiger partial charge is 0.493 e. The van der Waals surface area contributed by atoms with E-state index < -0.39 is 18.5 Å². The number of rotatable bonds is 5. The van der Waals surface area contributed by atoms with Gasteiger partial charge < -0.3 is 19.7 Å². The fourth-order valence-corrected chi connectivity index (χ4v) is 3.16. The number of nitrogens with zero attached hydrogens (tertiary/aromatic N) is 1. The second-order valence-electron chi connectivity index (χ2n) is 6.39. The van der Waals surface area contributed by atoms with E-state index in [1.54, 1.807) is 55.5 Å². The molecular formula is C21H22N2O5. The van der Waals surface area contributed by atoms with E-state index in [1.807, 2.05) is 6.92 Å². The van der Waals surface area contributed by atoms with E-state index in [1.165, 1.54) is 4.90 Å². The second-order valence-corrected chi connectivity index (χ2v) is 6.39. The van der Waals surface area contributed by atoms with Gasteiger partial charge in [-0.3, -0.25) is 9.59 Å². The molecule has 7 heteroatoms. The van der Waals surface area contributed by atoms with Gasteiger partial charge >= 0.3 is 5.97 Å². The van der Waals surface area contributed by atoms with Crippen molar-refractivity contribution in [2.75, 3.05) is 23.4 Å². The van der Waals surface area contributed by atoms with E-state index >= 15 is 0 Å². The van der Waals surface area contributed by atoms with Gasteiger partial charge in [-0.05, 0) is 38.1 Å². The molecule has 0 aromatic heterocycles. The Kier molecular flexibility index (Phi) is 5.93. The van der Waals surface area contributed by atoms with Crippen LogP contribution in [0.3, 0.4) is 0 Å². The van der Waals surface area contributed by atoms with Gasteiger partial charge in [0.15, 0.2) is 6.61 Å². The Morgan fingerprint density at radius 2 is 1.86 bits per heavy atom. The average molecular weight is 382 g/mol. The Balaban J connectivity index is 1.76. The summed E-state index contributed by atoms with van der Waals surface area (Å²) in [5.41, 5.74) is 1.40. The summed E-state index contributed by atoms with van der Waals surface area (Å²) >= 11 is 0. The molecule has 0 saturated heterocycles. The van der Waals surface area contributed by atoms with Gasteiger partial charge in [0.25, 0.3) is 5.91 Å². The molecule has 0 saturated carbocycles. The third-order valence-electron chi connectivity index (χ3n) is 4.36. The number of carbonyl (C=O) groups is 3. The van der Waals surface area contributed by atoms with Gasteiger partial charge in [0, 0.05) is 12.5 Å². The second kappa shape index (κ2) is 8.56. The topological polar surface area (TPSA) is 84.9 Å². The van der Waals surface area contributed by atoms with Crippen molar-refractivity contribution >= 4 is 29.2 Å². The highest BCUT2D eigenvalue weighted by Gasteiger charge is 2.30. The van der Waals surface area contributed by atoms with Crippen molar-refractivity contribution < 1.29 is 23.9 Å². The van der Waals surface area contributed by atoms with Gasteiger partial charge in [-0.15, -0.1) is 0 Å². The molecule has 1 heterocycles. The minimum absolute atomic E-state index is 0.154. The fourth-order valence-electron chi connectivity index (χ4n) is 3.16. The first kappa shape index (κ1) is 19.4. The quantitative estimate of drug-likeness (QED) is 0.804. The molecule has 0 aliphatic carbocycles. The number of ether oxygens (including phenoxy) is 2. The first-order chi connectivity index (χ1) is 13.5. The number of carbonyl (C=O) groups excluding carboxylic acids is 3. The standard InChI is InChI=1S/C21H22N2O5/c1-3-27-18-11-7-4-8-15(18)21(26)28-13-20(25)23-14(2)12-19(24)22-16-9-5-6-10-17(16)23/h4-11,14H,3,12-13H2,1-2H3,(H,22,24)/t14-/m1/s1. The molecule has 1 aliphatic rings. The van der Waals surface area contributed by atoms with Gasteiger partial charge in [-0.25, -0.2) is 4.79 Å². The Morgan fingerprint density at radius 3 is 2.64 bits per heavy atom. The summed E-state index contributed by atoms with van der Waals surface area (Å²) in [6, 6.07) is 13.4. The van der Waals surface area contributed by atoms with Crippen molar-refractivity contribution in [2.45, 2.75) is 26.3 Å². The monoisotopic (exact) mass is 382 g/mol. The molecule has 2 aromatic carbocycles. The van der Waals surface area contributed by atoms with Crippen LogP contribution in [0.25, 0.3) is 0 Å². The minimum atomic E-state index is -0.637. The van der Waals surface area contributed by atoms with Crippen LogP contribution < -0.4 is 15.0 Å². The van der Waals surface area contributed by atoms with Gasteiger partial charge in [-0.2, -0.15) is 0 Å². The predicted molar refractivity (Wildman–Crippen MR) is 105 cm³/mol. The lowest BCUT2D eigenvalue weighted by Crippen LogP contribution is -2.41. The molecule has 0 fully saturated rings. The number of esters is 1. The highest BCUT2D eigenvalue weighted by Crippen LogP contribution is 2.31. The maximum absolute atomic E-state index is 12.9. The molecule has 0 radical (unpaired) electrons. The zero-order chi connectivity index (χ0) is 20.1. The van der Waals surface area contributed by atoms with Crippen LogP contribution in [0.4, 0.5) is 11.4 Å². The molecule has 146 valence electrons. The van der Waals surface area contributed by atoms with Gasteiger partial charge in [0.05, 0.1) is 18.0 Å². The van der Waals surface area contributed by atoms with Crippen LogP contribution in [0.1, 0.15) is 30.6 Å². The lowest BCUT2D eigenvalue weighted by atomic mass is 10.1. The maximum atomic E-state index is 12.9. The number of benzene rings is 2. The Labute approximate surface area is 163 Å². The van der Waals surface area contributed by atoms with E-state index in [9.17, 15) is 14.4 Å². The summed E-state index contributed by atoms with van der Waals surface area (Å²) in [4.78, 5) is 38.8. The number of anilines is 2. The molecule has 1 aliphatic heterocycles. The molecule has 2 aromatic rings. The molecule has 7 nitrogen and oxygen atoms in total. The number of fused-ring (bicyclic) bond motifs is 1. The normalized spacial score (nSPS) is 15.9. The Bertz CT molecular complexity index is 896. The molecule has 2 amide bonds. The number of hydrogen-bond acceptors (Lipinski definition) is 5.